The monoisotopic (exact) mass is 712 g/mol. The summed E-state index contributed by atoms with van der Waals surface area (Å²) in [5.41, 5.74) is 0.243. The number of carbonyl (C=O) groups is 1. The number of nitrogens with one attached hydrogen (secondary N) is 2. The van der Waals surface area contributed by atoms with Crippen LogP contribution in [-0.4, -0.2) is 196 Å². The summed E-state index contributed by atoms with van der Waals surface area (Å²) in [4.78, 5) is 26.0. The molecule has 0 unspecified atom stereocenters. The van der Waals surface area contributed by atoms with E-state index in [9.17, 15) is 9.90 Å². The number of quaternary nitrogens is 4. The van der Waals surface area contributed by atoms with Crippen LogP contribution in [0, 0.1) is 0 Å². The third-order valence-electron chi connectivity index (χ3n) is 12.2. The summed E-state index contributed by atoms with van der Waals surface area (Å²) in [5.74, 6) is 1.04. The highest BCUT2D eigenvalue weighted by atomic mass is 35.5. The minimum atomic E-state index is -0.171. The van der Waals surface area contributed by atoms with E-state index in [4.69, 9.17) is 4.98 Å². The highest BCUT2D eigenvalue weighted by Gasteiger charge is 2.46. The van der Waals surface area contributed by atoms with Crippen molar-refractivity contribution in [3.63, 3.8) is 0 Å². The van der Waals surface area contributed by atoms with Crippen molar-refractivity contribution in [3.05, 3.63) is 5.56 Å². The molecule has 1 aromatic heterocycles. The second kappa shape index (κ2) is 15.5. The van der Waals surface area contributed by atoms with Gasteiger partial charge in [0.2, 0.25) is 11.8 Å². The van der Waals surface area contributed by atoms with Gasteiger partial charge in [0.15, 0.2) is 6.29 Å². The number of aromatic hydroxyl groups is 1. The van der Waals surface area contributed by atoms with Crippen LogP contribution in [0.15, 0.2) is 0 Å². The highest BCUT2D eigenvalue weighted by molar-refractivity contribution is 5.86. The van der Waals surface area contributed by atoms with Crippen molar-refractivity contribution in [2.75, 3.05) is 167 Å². The van der Waals surface area contributed by atoms with Crippen molar-refractivity contribution < 1.29 is 77.5 Å². The lowest BCUT2D eigenvalue weighted by molar-refractivity contribution is -1.03. The van der Waals surface area contributed by atoms with Crippen LogP contribution in [0.1, 0.15) is 10.4 Å². The van der Waals surface area contributed by atoms with Gasteiger partial charge in [0, 0.05) is 26.2 Å². The van der Waals surface area contributed by atoms with Gasteiger partial charge >= 0.3 is 0 Å². The van der Waals surface area contributed by atoms with E-state index in [0.717, 1.165) is 84.8 Å². The summed E-state index contributed by atoms with van der Waals surface area (Å²) in [6.45, 7) is 27.8. The molecule has 0 saturated carbocycles. The summed E-state index contributed by atoms with van der Waals surface area (Å²) in [5, 5.41) is 17.9. The van der Waals surface area contributed by atoms with E-state index in [1.54, 1.807) is 0 Å². The van der Waals surface area contributed by atoms with Gasteiger partial charge in [-0.1, -0.05) is 0 Å². The first kappa shape index (κ1) is 38.5. The first-order chi connectivity index (χ1) is 19.9. The van der Waals surface area contributed by atoms with E-state index in [-0.39, 0.29) is 61.1 Å². The molecule has 0 atom stereocenters. The van der Waals surface area contributed by atoms with Crippen molar-refractivity contribution in [2.24, 2.45) is 0 Å². The van der Waals surface area contributed by atoms with E-state index in [0.29, 0.717) is 11.8 Å². The number of carbonyl (C=O) groups excluding carboxylic acids is 1. The van der Waals surface area contributed by atoms with Gasteiger partial charge in [-0.3, -0.25) is 4.79 Å². The molecule has 1 aromatic rings. The van der Waals surface area contributed by atoms with Gasteiger partial charge in [0.25, 0.3) is 0 Å². The Hall–Kier alpha value is -0.930. The lowest BCUT2D eigenvalue weighted by Gasteiger charge is -2.53. The summed E-state index contributed by atoms with van der Waals surface area (Å²) >= 11 is 0. The van der Waals surface area contributed by atoms with Gasteiger partial charge in [-0.25, -0.2) is 0 Å². The first-order valence-corrected chi connectivity index (χ1v) is 16.3. The second-order valence-electron chi connectivity index (χ2n) is 14.1. The maximum atomic E-state index is 12.1. The van der Waals surface area contributed by atoms with Gasteiger partial charge in [0.05, 0.1) is 78.5 Å². The average Bonchev–Trinajstić information content (AvgIpc) is 3.02. The molecule has 0 bridgehead atoms. The summed E-state index contributed by atoms with van der Waals surface area (Å²) < 4.78 is 4.99. The Labute approximate surface area is 293 Å². The molecule has 45 heavy (non-hydrogen) atoms. The van der Waals surface area contributed by atoms with Crippen LogP contribution in [0.4, 0.5) is 11.8 Å². The van der Waals surface area contributed by atoms with Crippen molar-refractivity contribution in [1.29, 1.82) is 0 Å². The number of rotatable bonds is 3. The van der Waals surface area contributed by atoms with Gasteiger partial charge in [-0.15, -0.1) is 0 Å². The standard InChI is InChI=1S/C29H51N10O2.4ClH/c40-25-26-27(34-5-13-38(14-6-34)21-17-36(18-22-38)9-1-30-2-10-36)32-29(33-28(26)41)35-7-15-39(16-8-35)23-19-37(20-24-39)11-3-31-4-12-37;;;;/h25,30-31H,1-24H2;4*1H/q+3;;;;/p-3. The fourth-order valence-corrected chi connectivity index (χ4v) is 8.78. The van der Waals surface area contributed by atoms with E-state index < -0.39 is 0 Å². The zero-order valence-corrected chi connectivity index (χ0v) is 29.5. The van der Waals surface area contributed by atoms with E-state index in [1.807, 2.05) is 0 Å². The number of anilines is 2. The molecule has 3 N–H and O–H groups in total. The van der Waals surface area contributed by atoms with Crippen LogP contribution in [0.25, 0.3) is 0 Å². The Morgan fingerprint density at radius 1 is 0.533 bits per heavy atom. The van der Waals surface area contributed by atoms with Crippen LogP contribution >= 0.6 is 0 Å². The quantitative estimate of drug-likeness (QED) is 0.210. The maximum absolute atomic E-state index is 12.1. The van der Waals surface area contributed by atoms with Gasteiger partial charge in [-0.2, -0.15) is 9.97 Å². The Kier molecular flexibility index (Phi) is 13.3. The summed E-state index contributed by atoms with van der Waals surface area (Å²) in [6.07, 6.45) is 0.742. The van der Waals surface area contributed by atoms with Crippen LogP contribution in [0.5, 0.6) is 5.88 Å². The molecule has 7 rings (SSSR count). The van der Waals surface area contributed by atoms with E-state index in [1.165, 1.54) is 96.5 Å². The molecule has 12 nitrogen and oxygen atoms in total. The number of aromatic nitrogens is 2. The Morgan fingerprint density at radius 2 is 0.889 bits per heavy atom. The predicted octanol–water partition coefficient (Wildman–Crippen LogP) is -13.8. The molecule has 16 heteroatoms. The van der Waals surface area contributed by atoms with Crippen LogP contribution in [0.3, 0.4) is 0 Å². The van der Waals surface area contributed by atoms with Crippen molar-refractivity contribution >= 4 is 18.1 Å². The first-order valence-electron chi connectivity index (χ1n) is 16.3. The Morgan fingerprint density at radius 3 is 1.27 bits per heavy atom. The number of hydrogen-bond donors (Lipinski definition) is 3. The molecule has 0 amide bonds. The van der Waals surface area contributed by atoms with Crippen LogP contribution in [-0.2, 0) is 0 Å². The van der Waals surface area contributed by atoms with Gasteiger partial charge in [0.1, 0.15) is 63.7 Å². The number of hydrogen-bond acceptors (Lipinski definition) is 8. The minimum absolute atomic E-state index is 0. The summed E-state index contributed by atoms with van der Waals surface area (Å²) in [6, 6.07) is 0. The molecular weight excluding hydrogens is 662 g/mol. The van der Waals surface area contributed by atoms with Crippen molar-refractivity contribution in [1.82, 2.24) is 20.6 Å². The van der Waals surface area contributed by atoms with Crippen LogP contribution in [0.2, 0.25) is 0 Å². The number of nitrogens with zero attached hydrogens (tertiary/aromatic N) is 8. The fourth-order valence-electron chi connectivity index (χ4n) is 8.78. The Balaban J connectivity index is 0.00000138. The molecule has 258 valence electrons. The lowest BCUT2D eigenvalue weighted by atomic mass is 10.1. The number of piperazine rings is 6. The zero-order valence-electron chi connectivity index (χ0n) is 26.5. The van der Waals surface area contributed by atoms with E-state index in [2.05, 4.69) is 25.4 Å². The molecule has 0 aliphatic carbocycles. The SMILES string of the molecule is O=Cc1c(O)nc(N2CC[N+]3(CC2)CC[N+]2(CCNCC2)CC3)nc1N1CC[N+]2(CC1)CC[N+]1(CCNCC1)CC2.[Cl-].[Cl-].[Cl-].[Cl-]. The minimum Gasteiger partial charge on any atom is -1.00 e. The predicted molar refractivity (Wildman–Crippen MR) is 158 cm³/mol. The molecule has 7 heterocycles. The summed E-state index contributed by atoms with van der Waals surface area (Å²) in [7, 11) is 0. The Bertz CT molecular complexity index is 1100. The number of halogens is 4. The molecule has 0 radical (unpaired) electrons. The normalized spacial score (nSPS) is 26.2. The topological polar surface area (TPSA) is 93.6 Å². The van der Waals surface area contributed by atoms with Crippen molar-refractivity contribution in [2.45, 2.75) is 0 Å². The van der Waals surface area contributed by atoms with E-state index >= 15 is 0 Å². The molecular formula is C29H52Cl4N10O2. The smallest absolute Gasteiger partial charge is 0.231 e. The average molecular weight is 715 g/mol. The molecule has 0 aromatic carbocycles. The third-order valence-corrected chi connectivity index (χ3v) is 12.2. The van der Waals surface area contributed by atoms with Crippen molar-refractivity contribution in [3.8, 4) is 5.88 Å². The molecule has 6 saturated heterocycles. The lowest BCUT2D eigenvalue weighted by Crippen LogP contribution is -3.00. The molecule has 4 spiro atoms. The maximum Gasteiger partial charge on any atom is 0.231 e. The third kappa shape index (κ3) is 7.71. The van der Waals surface area contributed by atoms with Crippen LogP contribution < -0.4 is 70.1 Å². The van der Waals surface area contributed by atoms with Gasteiger partial charge < -0.3 is 93.1 Å². The second-order valence-corrected chi connectivity index (χ2v) is 14.1. The molecule has 6 aliphatic rings. The van der Waals surface area contributed by atoms with Gasteiger partial charge in [-0.05, 0) is 0 Å². The molecule has 6 aliphatic heterocycles. The largest absolute Gasteiger partial charge is 1.00 e. The molecule has 6 fully saturated rings. The highest BCUT2D eigenvalue weighted by Crippen LogP contribution is 2.31. The number of aldehydes is 1. The zero-order chi connectivity index (χ0) is 28.0. The fraction of sp³-hybridized carbons (Fsp3) is 0.828.